The third kappa shape index (κ3) is 2.21. The zero-order valence-corrected chi connectivity index (χ0v) is 9.60. The Balaban J connectivity index is 3.25. The van der Waals surface area contributed by atoms with E-state index in [1.165, 1.54) is 0 Å². The fourth-order valence-electron chi connectivity index (χ4n) is 1.94. The summed E-state index contributed by atoms with van der Waals surface area (Å²) in [7, 11) is 0. The van der Waals surface area contributed by atoms with E-state index in [9.17, 15) is 13.2 Å². The molecule has 0 aliphatic heterocycles. The molecular formula is C10H16F3N3. The van der Waals surface area contributed by atoms with E-state index in [4.69, 9.17) is 5.73 Å². The van der Waals surface area contributed by atoms with Gasteiger partial charge in [-0.15, -0.1) is 0 Å². The minimum Gasteiger partial charge on any atom is -0.330 e. The van der Waals surface area contributed by atoms with Crippen molar-refractivity contribution in [3.05, 3.63) is 17.0 Å². The summed E-state index contributed by atoms with van der Waals surface area (Å²) in [6.07, 6.45) is -4.31. The SMILES string of the molecule is CCn1nc(C)c(C(CN)C(F)(F)F)c1C. The summed E-state index contributed by atoms with van der Waals surface area (Å²) in [6, 6.07) is 0. The molecule has 1 heterocycles. The van der Waals surface area contributed by atoms with Crippen molar-refractivity contribution >= 4 is 0 Å². The average molecular weight is 235 g/mol. The van der Waals surface area contributed by atoms with Crippen molar-refractivity contribution in [3.8, 4) is 0 Å². The Morgan fingerprint density at radius 1 is 1.38 bits per heavy atom. The Hall–Kier alpha value is -1.04. The van der Waals surface area contributed by atoms with Gasteiger partial charge >= 0.3 is 6.18 Å². The van der Waals surface area contributed by atoms with E-state index in [-0.39, 0.29) is 5.56 Å². The minimum atomic E-state index is -4.31. The van der Waals surface area contributed by atoms with Crippen molar-refractivity contribution in [3.63, 3.8) is 0 Å². The van der Waals surface area contributed by atoms with Crippen LogP contribution in [0.2, 0.25) is 0 Å². The van der Waals surface area contributed by atoms with Gasteiger partial charge in [0, 0.05) is 24.3 Å². The third-order valence-electron chi connectivity index (χ3n) is 2.72. The summed E-state index contributed by atoms with van der Waals surface area (Å²) in [4.78, 5) is 0. The Morgan fingerprint density at radius 2 is 1.94 bits per heavy atom. The molecular weight excluding hydrogens is 219 g/mol. The molecule has 0 saturated carbocycles. The molecule has 0 bridgehead atoms. The van der Waals surface area contributed by atoms with Gasteiger partial charge in [0.1, 0.15) is 0 Å². The molecule has 0 fully saturated rings. The maximum atomic E-state index is 12.8. The molecule has 0 saturated heterocycles. The van der Waals surface area contributed by atoms with Gasteiger partial charge in [-0.2, -0.15) is 18.3 Å². The molecule has 1 aromatic heterocycles. The summed E-state index contributed by atoms with van der Waals surface area (Å²) < 4.78 is 39.9. The van der Waals surface area contributed by atoms with Gasteiger partial charge in [-0.05, 0) is 20.8 Å². The van der Waals surface area contributed by atoms with Crippen LogP contribution in [0, 0.1) is 13.8 Å². The van der Waals surface area contributed by atoms with Crippen molar-refractivity contribution < 1.29 is 13.2 Å². The molecule has 16 heavy (non-hydrogen) atoms. The molecule has 2 N–H and O–H groups in total. The van der Waals surface area contributed by atoms with Gasteiger partial charge in [0.2, 0.25) is 0 Å². The highest BCUT2D eigenvalue weighted by Crippen LogP contribution is 2.36. The highest BCUT2D eigenvalue weighted by molar-refractivity contribution is 5.30. The zero-order chi connectivity index (χ0) is 12.5. The van der Waals surface area contributed by atoms with Gasteiger partial charge in [0.25, 0.3) is 0 Å². The molecule has 0 amide bonds. The number of rotatable bonds is 3. The topological polar surface area (TPSA) is 43.8 Å². The van der Waals surface area contributed by atoms with E-state index >= 15 is 0 Å². The lowest BCUT2D eigenvalue weighted by Crippen LogP contribution is -2.29. The molecule has 92 valence electrons. The molecule has 1 unspecified atom stereocenters. The van der Waals surface area contributed by atoms with E-state index in [1.807, 2.05) is 6.92 Å². The number of aryl methyl sites for hydroxylation is 2. The Morgan fingerprint density at radius 3 is 2.25 bits per heavy atom. The molecule has 1 aromatic rings. The fraction of sp³-hybridized carbons (Fsp3) is 0.700. The zero-order valence-electron chi connectivity index (χ0n) is 9.60. The largest absolute Gasteiger partial charge is 0.397 e. The van der Waals surface area contributed by atoms with E-state index < -0.39 is 18.6 Å². The Kier molecular flexibility index (Phi) is 3.62. The second-order valence-corrected chi connectivity index (χ2v) is 3.73. The van der Waals surface area contributed by atoms with E-state index in [2.05, 4.69) is 5.10 Å². The maximum Gasteiger partial charge on any atom is 0.397 e. The highest BCUT2D eigenvalue weighted by Gasteiger charge is 2.42. The van der Waals surface area contributed by atoms with Crippen LogP contribution < -0.4 is 5.73 Å². The molecule has 0 aliphatic carbocycles. The van der Waals surface area contributed by atoms with Crippen molar-refractivity contribution in [1.82, 2.24) is 9.78 Å². The van der Waals surface area contributed by atoms with Crippen LogP contribution in [0.1, 0.15) is 29.8 Å². The number of nitrogens with two attached hydrogens (primary N) is 1. The lowest BCUT2D eigenvalue weighted by atomic mass is 9.97. The lowest BCUT2D eigenvalue weighted by Gasteiger charge is -2.19. The van der Waals surface area contributed by atoms with Gasteiger partial charge in [-0.1, -0.05) is 0 Å². The standard InChI is InChI=1S/C10H16F3N3/c1-4-16-7(3)9(6(2)15-16)8(5-14)10(11,12)13/h8H,4-5,14H2,1-3H3. The smallest absolute Gasteiger partial charge is 0.330 e. The maximum absolute atomic E-state index is 12.8. The summed E-state index contributed by atoms with van der Waals surface area (Å²) >= 11 is 0. The van der Waals surface area contributed by atoms with Gasteiger partial charge in [0.05, 0.1) is 11.6 Å². The van der Waals surface area contributed by atoms with Crippen molar-refractivity contribution in [2.45, 2.75) is 39.4 Å². The number of halogens is 3. The predicted octanol–water partition coefficient (Wildman–Crippen LogP) is 2.12. The summed E-state index contributed by atoms with van der Waals surface area (Å²) in [6.45, 7) is 5.19. The summed E-state index contributed by atoms with van der Waals surface area (Å²) in [5, 5.41) is 4.07. The molecule has 0 spiro atoms. The molecule has 3 nitrogen and oxygen atoms in total. The lowest BCUT2D eigenvalue weighted by molar-refractivity contribution is -0.148. The van der Waals surface area contributed by atoms with Gasteiger partial charge in [0.15, 0.2) is 0 Å². The second-order valence-electron chi connectivity index (χ2n) is 3.73. The first-order valence-corrected chi connectivity index (χ1v) is 5.13. The molecule has 1 atom stereocenters. The minimum absolute atomic E-state index is 0.219. The first-order chi connectivity index (χ1) is 7.32. The number of alkyl halides is 3. The highest BCUT2D eigenvalue weighted by atomic mass is 19.4. The summed E-state index contributed by atoms with van der Waals surface area (Å²) in [5.74, 6) is -1.62. The normalized spacial score (nSPS) is 14.2. The molecule has 0 aromatic carbocycles. The number of hydrogen-bond acceptors (Lipinski definition) is 2. The first kappa shape index (κ1) is 13.0. The number of nitrogens with zero attached hydrogens (tertiary/aromatic N) is 2. The Labute approximate surface area is 92.4 Å². The number of aromatic nitrogens is 2. The van der Waals surface area contributed by atoms with E-state index in [1.54, 1.807) is 18.5 Å². The van der Waals surface area contributed by atoms with Crippen LogP contribution in [0.25, 0.3) is 0 Å². The van der Waals surface area contributed by atoms with Crippen LogP contribution in [0.15, 0.2) is 0 Å². The van der Waals surface area contributed by atoms with Gasteiger partial charge < -0.3 is 5.73 Å². The van der Waals surface area contributed by atoms with E-state index in [0.717, 1.165) is 0 Å². The monoisotopic (exact) mass is 235 g/mol. The molecule has 0 aliphatic rings. The fourth-order valence-corrected chi connectivity index (χ4v) is 1.94. The number of hydrogen-bond donors (Lipinski definition) is 1. The van der Waals surface area contributed by atoms with Crippen molar-refractivity contribution in [1.29, 1.82) is 0 Å². The van der Waals surface area contributed by atoms with Crippen LogP contribution in [-0.2, 0) is 6.54 Å². The molecule has 1 rings (SSSR count). The predicted molar refractivity (Wildman–Crippen MR) is 55.2 cm³/mol. The second kappa shape index (κ2) is 4.45. The summed E-state index contributed by atoms with van der Waals surface area (Å²) in [5.41, 5.74) is 6.40. The average Bonchev–Trinajstić information content (AvgIpc) is 2.44. The van der Waals surface area contributed by atoms with E-state index in [0.29, 0.717) is 17.9 Å². The van der Waals surface area contributed by atoms with Crippen LogP contribution in [-0.4, -0.2) is 22.5 Å². The van der Waals surface area contributed by atoms with Crippen LogP contribution in [0.3, 0.4) is 0 Å². The Bertz CT molecular complexity index is 368. The van der Waals surface area contributed by atoms with Crippen molar-refractivity contribution in [2.75, 3.05) is 6.54 Å². The van der Waals surface area contributed by atoms with Crippen LogP contribution >= 0.6 is 0 Å². The molecule has 0 radical (unpaired) electrons. The third-order valence-corrected chi connectivity index (χ3v) is 2.72. The van der Waals surface area contributed by atoms with Crippen molar-refractivity contribution in [2.24, 2.45) is 5.73 Å². The van der Waals surface area contributed by atoms with Crippen LogP contribution in [0.4, 0.5) is 13.2 Å². The van der Waals surface area contributed by atoms with Gasteiger partial charge in [-0.3, -0.25) is 4.68 Å². The quantitative estimate of drug-likeness (QED) is 0.872. The van der Waals surface area contributed by atoms with Gasteiger partial charge in [-0.25, -0.2) is 0 Å². The molecule has 6 heteroatoms. The first-order valence-electron chi connectivity index (χ1n) is 5.13. The van der Waals surface area contributed by atoms with Crippen LogP contribution in [0.5, 0.6) is 0 Å².